The summed E-state index contributed by atoms with van der Waals surface area (Å²) in [5, 5.41) is 23.2. The fourth-order valence-electron chi connectivity index (χ4n) is 4.68. The van der Waals surface area contributed by atoms with Gasteiger partial charge in [0.15, 0.2) is 5.96 Å². The molecule has 0 aliphatic carbocycles. The van der Waals surface area contributed by atoms with E-state index >= 15 is 0 Å². The molecule has 6 amide bonds. The van der Waals surface area contributed by atoms with E-state index in [-0.39, 0.29) is 37.7 Å². The minimum Gasteiger partial charge on any atom is -0.391 e. The highest BCUT2D eigenvalue weighted by molar-refractivity contribution is 5.96. The predicted molar refractivity (Wildman–Crippen MR) is 186 cm³/mol. The standard InChI is InChI=1S/C31H61N11O7/c1-6-7-12-21(29(48)41-23(25(34)44)16-17(2)3)39-28(47)22(13-8-9-14-32)40-30(49)24(19(5)43)42-26(45)18(4)38-27(46)20(33)11-10-15-37-31(35)36/h17-24,43H,6-16,32-33H2,1-5H3,(H2,34,44)(H,38,46)(H,39,47)(H,40,49)(H,41,48)(H,42,45)(H4,35,36,37)/t18-,19+,20-,21-,22-,23-,24-/m0/s1. The van der Waals surface area contributed by atoms with E-state index in [1.807, 2.05) is 20.8 Å². The Bertz CT molecular complexity index is 1100. The van der Waals surface area contributed by atoms with Crippen molar-refractivity contribution in [3.05, 3.63) is 0 Å². The van der Waals surface area contributed by atoms with Gasteiger partial charge in [-0.3, -0.25) is 33.8 Å². The number of guanidine groups is 1. The van der Waals surface area contributed by atoms with Crippen LogP contribution in [0.4, 0.5) is 0 Å². The lowest BCUT2D eigenvalue weighted by Crippen LogP contribution is -2.61. The molecule has 0 fully saturated rings. The summed E-state index contributed by atoms with van der Waals surface area (Å²) in [5.41, 5.74) is 27.6. The van der Waals surface area contributed by atoms with Crippen molar-refractivity contribution in [1.29, 1.82) is 0 Å². The molecule has 0 aliphatic heterocycles. The molecule has 0 bridgehead atoms. The first-order valence-corrected chi connectivity index (χ1v) is 16.9. The van der Waals surface area contributed by atoms with E-state index in [1.54, 1.807) is 0 Å². The van der Waals surface area contributed by atoms with Crippen LogP contribution in [0, 0.1) is 5.92 Å². The molecule has 0 radical (unpaired) electrons. The molecule has 18 nitrogen and oxygen atoms in total. The van der Waals surface area contributed by atoms with Crippen molar-refractivity contribution >= 4 is 41.4 Å². The zero-order valence-corrected chi connectivity index (χ0v) is 29.6. The Morgan fingerprint density at radius 3 is 1.71 bits per heavy atom. The van der Waals surface area contributed by atoms with Gasteiger partial charge in [0.2, 0.25) is 35.4 Å². The van der Waals surface area contributed by atoms with E-state index in [9.17, 15) is 33.9 Å². The van der Waals surface area contributed by atoms with Crippen LogP contribution < -0.4 is 55.3 Å². The fraction of sp³-hybridized carbons (Fsp3) is 0.774. The molecule has 0 aliphatic rings. The number of amides is 6. The van der Waals surface area contributed by atoms with Crippen molar-refractivity contribution < 1.29 is 33.9 Å². The molecule has 0 unspecified atom stereocenters. The molecule has 0 heterocycles. The van der Waals surface area contributed by atoms with Crippen LogP contribution in [0.2, 0.25) is 0 Å². The van der Waals surface area contributed by atoms with Crippen molar-refractivity contribution in [3.8, 4) is 0 Å². The van der Waals surface area contributed by atoms with Crippen LogP contribution in [0.1, 0.15) is 92.4 Å². The normalized spacial score (nSPS) is 15.4. The van der Waals surface area contributed by atoms with Crippen LogP contribution in [-0.4, -0.2) is 102 Å². The number of carbonyl (C=O) groups is 6. The number of aliphatic hydroxyl groups is 1. The Kier molecular flexibility index (Phi) is 22.2. The summed E-state index contributed by atoms with van der Waals surface area (Å²) in [6, 6.07) is -6.70. The molecule has 0 rings (SSSR count). The smallest absolute Gasteiger partial charge is 0.245 e. The topological polar surface area (TPSA) is 325 Å². The van der Waals surface area contributed by atoms with Gasteiger partial charge in [0.1, 0.15) is 30.2 Å². The quantitative estimate of drug-likeness (QED) is 0.0260. The number of nitrogens with two attached hydrogens (primary N) is 5. The zero-order valence-electron chi connectivity index (χ0n) is 29.6. The van der Waals surface area contributed by atoms with Crippen LogP contribution in [0.15, 0.2) is 4.99 Å². The predicted octanol–water partition coefficient (Wildman–Crippen LogP) is -2.96. The van der Waals surface area contributed by atoms with Gasteiger partial charge in [-0.25, -0.2) is 0 Å². The first kappa shape index (κ1) is 45.0. The SMILES string of the molecule is CCCC[C@H](NC(=O)[C@H](CCCCN)NC(=O)[C@@H](NC(=O)[C@H](C)NC(=O)[C@@H](N)CCCN=C(N)N)[C@@H](C)O)C(=O)N[C@@H](CC(C)C)C(N)=O. The second-order valence-electron chi connectivity index (χ2n) is 12.7. The highest BCUT2D eigenvalue weighted by Crippen LogP contribution is 2.09. The number of hydrogen-bond donors (Lipinski definition) is 11. The Morgan fingerprint density at radius 2 is 1.22 bits per heavy atom. The third-order valence-electron chi connectivity index (χ3n) is 7.55. The minimum absolute atomic E-state index is 0.0655. The van der Waals surface area contributed by atoms with E-state index in [2.05, 4.69) is 31.6 Å². The fourth-order valence-corrected chi connectivity index (χ4v) is 4.68. The summed E-state index contributed by atoms with van der Waals surface area (Å²) < 4.78 is 0. The van der Waals surface area contributed by atoms with E-state index < -0.39 is 77.8 Å². The third kappa shape index (κ3) is 18.9. The highest BCUT2D eigenvalue weighted by Gasteiger charge is 2.33. The summed E-state index contributed by atoms with van der Waals surface area (Å²) in [7, 11) is 0. The van der Waals surface area contributed by atoms with Gasteiger partial charge in [-0.15, -0.1) is 0 Å². The van der Waals surface area contributed by atoms with Crippen LogP contribution in [0.25, 0.3) is 0 Å². The van der Waals surface area contributed by atoms with Crippen molar-refractivity contribution in [3.63, 3.8) is 0 Å². The molecular weight excluding hydrogens is 638 g/mol. The molecular formula is C31H61N11O7. The Labute approximate surface area is 289 Å². The number of rotatable bonds is 25. The number of hydrogen-bond acceptors (Lipinski definition) is 10. The average molecular weight is 700 g/mol. The number of carbonyl (C=O) groups excluding carboxylic acids is 6. The van der Waals surface area contributed by atoms with E-state index in [0.29, 0.717) is 38.6 Å². The molecule has 18 heteroatoms. The second kappa shape index (κ2) is 24.2. The first-order chi connectivity index (χ1) is 22.9. The summed E-state index contributed by atoms with van der Waals surface area (Å²) in [6.45, 7) is 8.94. The van der Waals surface area contributed by atoms with Gasteiger partial charge in [-0.1, -0.05) is 33.6 Å². The van der Waals surface area contributed by atoms with Gasteiger partial charge < -0.3 is 60.4 Å². The molecule has 0 saturated heterocycles. The van der Waals surface area contributed by atoms with Gasteiger partial charge in [-0.2, -0.15) is 0 Å². The summed E-state index contributed by atoms with van der Waals surface area (Å²) in [6.07, 6.45) is 2.29. The number of nitrogens with zero attached hydrogens (tertiary/aromatic N) is 1. The molecule has 49 heavy (non-hydrogen) atoms. The maximum absolute atomic E-state index is 13.5. The first-order valence-electron chi connectivity index (χ1n) is 16.9. The minimum atomic E-state index is -1.50. The van der Waals surface area contributed by atoms with Crippen LogP contribution in [-0.2, 0) is 28.8 Å². The molecule has 0 spiro atoms. The van der Waals surface area contributed by atoms with Gasteiger partial charge in [0, 0.05) is 6.54 Å². The van der Waals surface area contributed by atoms with E-state index in [1.165, 1.54) is 13.8 Å². The van der Waals surface area contributed by atoms with Crippen molar-refractivity contribution in [2.75, 3.05) is 13.1 Å². The van der Waals surface area contributed by atoms with Crippen LogP contribution in [0.5, 0.6) is 0 Å². The Hall–Kier alpha value is -4.03. The Balaban J connectivity index is 5.72. The number of aliphatic imine (C=N–C) groups is 1. The number of primary amides is 1. The average Bonchev–Trinajstić information content (AvgIpc) is 3.01. The lowest BCUT2D eigenvalue weighted by atomic mass is 10.0. The lowest BCUT2D eigenvalue weighted by molar-refractivity contribution is -0.136. The molecule has 7 atom stereocenters. The maximum Gasteiger partial charge on any atom is 0.245 e. The molecule has 282 valence electrons. The lowest BCUT2D eigenvalue weighted by Gasteiger charge is -2.28. The molecule has 16 N–H and O–H groups in total. The van der Waals surface area contributed by atoms with Crippen LogP contribution in [0.3, 0.4) is 0 Å². The van der Waals surface area contributed by atoms with Gasteiger partial charge in [-0.05, 0) is 71.3 Å². The summed E-state index contributed by atoms with van der Waals surface area (Å²) in [5.74, 6) is -4.25. The number of aliphatic hydroxyl groups excluding tert-OH is 1. The van der Waals surface area contributed by atoms with Gasteiger partial charge >= 0.3 is 0 Å². The monoisotopic (exact) mass is 699 g/mol. The largest absolute Gasteiger partial charge is 0.391 e. The van der Waals surface area contributed by atoms with Crippen molar-refractivity contribution in [2.24, 2.45) is 39.6 Å². The number of nitrogens with one attached hydrogen (secondary N) is 5. The summed E-state index contributed by atoms with van der Waals surface area (Å²) in [4.78, 5) is 81.3. The van der Waals surface area contributed by atoms with Crippen molar-refractivity contribution in [2.45, 2.75) is 135 Å². The summed E-state index contributed by atoms with van der Waals surface area (Å²) >= 11 is 0. The molecule has 0 saturated carbocycles. The Morgan fingerprint density at radius 1 is 0.673 bits per heavy atom. The molecule has 0 aromatic carbocycles. The third-order valence-corrected chi connectivity index (χ3v) is 7.55. The van der Waals surface area contributed by atoms with E-state index in [4.69, 9.17) is 28.7 Å². The molecule has 0 aromatic rings. The molecule has 0 aromatic heterocycles. The maximum atomic E-state index is 13.5. The number of unbranched alkanes of at least 4 members (excludes halogenated alkanes) is 2. The van der Waals surface area contributed by atoms with Crippen molar-refractivity contribution in [1.82, 2.24) is 26.6 Å². The van der Waals surface area contributed by atoms with Gasteiger partial charge in [0.05, 0.1) is 12.1 Å². The van der Waals surface area contributed by atoms with Crippen LogP contribution >= 0.6 is 0 Å². The zero-order chi connectivity index (χ0) is 37.7. The van der Waals surface area contributed by atoms with Gasteiger partial charge in [0.25, 0.3) is 0 Å². The van der Waals surface area contributed by atoms with E-state index in [0.717, 1.165) is 6.42 Å². The highest BCUT2D eigenvalue weighted by atomic mass is 16.3. The second-order valence-corrected chi connectivity index (χ2v) is 12.7.